The highest BCUT2D eigenvalue weighted by molar-refractivity contribution is 6.05. The van der Waals surface area contributed by atoms with Crippen molar-refractivity contribution in [1.82, 2.24) is 5.32 Å². The molecule has 2 bridgehead atoms. The number of phenolic OH excluding ortho intramolecular Hbond substituents is 1. The number of benzene rings is 1. The zero-order chi connectivity index (χ0) is 16.2. The van der Waals surface area contributed by atoms with Gasteiger partial charge in [-0.15, -0.1) is 0 Å². The molecule has 1 aromatic carbocycles. The molecular formula is C18H19NO4. The van der Waals surface area contributed by atoms with Gasteiger partial charge in [0.1, 0.15) is 0 Å². The van der Waals surface area contributed by atoms with E-state index in [1.165, 1.54) is 7.11 Å². The van der Waals surface area contributed by atoms with Crippen LogP contribution in [0.1, 0.15) is 17.5 Å². The van der Waals surface area contributed by atoms with Gasteiger partial charge in [-0.25, -0.2) is 0 Å². The van der Waals surface area contributed by atoms with Crippen molar-refractivity contribution in [1.29, 1.82) is 0 Å². The molecule has 1 aromatic rings. The molecule has 23 heavy (non-hydrogen) atoms. The van der Waals surface area contributed by atoms with Gasteiger partial charge in [-0.2, -0.15) is 0 Å². The second kappa shape index (κ2) is 4.86. The fourth-order valence-electron chi connectivity index (χ4n) is 4.25. The third-order valence-corrected chi connectivity index (χ3v) is 5.24. The van der Waals surface area contributed by atoms with E-state index in [0.29, 0.717) is 11.5 Å². The minimum Gasteiger partial charge on any atom is -0.504 e. The highest BCUT2D eigenvalue weighted by Crippen LogP contribution is 2.54. The Hall–Kier alpha value is -2.27. The molecule has 4 rings (SSSR count). The number of phenols is 1. The van der Waals surface area contributed by atoms with E-state index in [0.717, 1.165) is 36.1 Å². The Bertz CT molecular complexity index is 765. The summed E-state index contributed by atoms with van der Waals surface area (Å²) >= 11 is 0. The van der Waals surface area contributed by atoms with Crippen molar-refractivity contribution < 1.29 is 19.4 Å². The van der Waals surface area contributed by atoms with Crippen molar-refractivity contribution in [3.05, 3.63) is 46.7 Å². The van der Waals surface area contributed by atoms with Crippen molar-refractivity contribution >= 4 is 5.78 Å². The number of methoxy groups -OCH3 is 2. The standard InChI is InChI=1S/C18H19NO4/c1-22-14-4-3-10-7-12-11-8-13(20)15(23-2)9-18(11,5-6-19-12)16(10)17(14)21/h3-4,8-9,12,19,21H,5-7H2,1-2H3. The molecule has 2 unspecified atom stereocenters. The number of hydrogen-bond donors (Lipinski definition) is 2. The zero-order valence-electron chi connectivity index (χ0n) is 13.2. The van der Waals surface area contributed by atoms with Gasteiger partial charge in [-0.1, -0.05) is 6.07 Å². The first-order valence-electron chi connectivity index (χ1n) is 7.76. The smallest absolute Gasteiger partial charge is 0.220 e. The van der Waals surface area contributed by atoms with Crippen LogP contribution in [-0.2, 0) is 21.4 Å². The second-order valence-corrected chi connectivity index (χ2v) is 6.26. The number of hydrogen-bond acceptors (Lipinski definition) is 5. The predicted molar refractivity (Wildman–Crippen MR) is 84.6 cm³/mol. The summed E-state index contributed by atoms with van der Waals surface area (Å²) in [7, 11) is 3.05. The predicted octanol–water partition coefficient (Wildman–Crippen LogP) is 1.60. The van der Waals surface area contributed by atoms with Crippen LogP contribution in [-0.4, -0.2) is 37.7 Å². The number of carbonyl (C=O) groups excluding carboxylic acids is 1. The van der Waals surface area contributed by atoms with Gasteiger partial charge in [0.05, 0.1) is 14.2 Å². The van der Waals surface area contributed by atoms with E-state index in [-0.39, 0.29) is 17.6 Å². The summed E-state index contributed by atoms with van der Waals surface area (Å²) in [5.74, 6) is 0.846. The first-order valence-corrected chi connectivity index (χ1v) is 7.76. The molecule has 120 valence electrons. The van der Waals surface area contributed by atoms with Gasteiger partial charge >= 0.3 is 0 Å². The van der Waals surface area contributed by atoms with Crippen LogP contribution >= 0.6 is 0 Å². The number of carbonyl (C=O) groups is 1. The number of piperidine rings is 1. The lowest BCUT2D eigenvalue weighted by molar-refractivity contribution is -0.114. The largest absolute Gasteiger partial charge is 0.504 e. The number of ketones is 1. The number of allylic oxidation sites excluding steroid dienone is 2. The Kier molecular flexibility index (Phi) is 3.03. The molecular weight excluding hydrogens is 294 g/mol. The van der Waals surface area contributed by atoms with Crippen LogP contribution < -0.4 is 10.1 Å². The molecule has 3 aliphatic rings. The molecule has 2 N–H and O–H groups in total. The van der Waals surface area contributed by atoms with Gasteiger partial charge in [-0.05, 0) is 48.7 Å². The quantitative estimate of drug-likeness (QED) is 0.868. The lowest BCUT2D eigenvalue weighted by atomic mass is 9.59. The molecule has 0 aromatic heterocycles. The first-order chi connectivity index (χ1) is 11.1. The molecule has 2 atom stereocenters. The number of rotatable bonds is 2. The van der Waals surface area contributed by atoms with Crippen molar-refractivity contribution in [2.75, 3.05) is 20.8 Å². The van der Waals surface area contributed by atoms with Gasteiger partial charge in [0.2, 0.25) is 5.78 Å². The van der Waals surface area contributed by atoms with E-state index >= 15 is 0 Å². The fraction of sp³-hybridized carbons (Fsp3) is 0.389. The van der Waals surface area contributed by atoms with E-state index in [1.807, 2.05) is 12.1 Å². The van der Waals surface area contributed by atoms with Crippen LogP contribution in [0.25, 0.3) is 0 Å². The van der Waals surface area contributed by atoms with Crippen LogP contribution in [0.15, 0.2) is 35.6 Å². The summed E-state index contributed by atoms with van der Waals surface area (Å²) in [4.78, 5) is 12.2. The lowest BCUT2D eigenvalue weighted by Gasteiger charge is -2.49. The molecule has 5 heteroatoms. The summed E-state index contributed by atoms with van der Waals surface area (Å²) in [6, 6.07) is 3.91. The van der Waals surface area contributed by atoms with E-state index in [2.05, 4.69) is 5.32 Å². The zero-order valence-corrected chi connectivity index (χ0v) is 13.2. The van der Waals surface area contributed by atoms with Gasteiger partial charge < -0.3 is 19.9 Å². The summed E-state index contributed by atoms with van der Waals surface area (Å²) in [5, 5.41) is 14.3. The monoisotopic (exact) mass is 313 g/mol. The normalized spacial score (nSPS) is 28.3. The number of nitrogens with one attached hydrogen (secondary N) is 1. The van der Waals surface area contributed by atoms with Gasteiger partial charge in [0.25, 0.3) is 0 Å². The average Bonchev–Trinajstić information content (AvgIpc) is 2.54. The van der Waals surface area contributed by atoms with Gasteiger partial charge in [-0.3, -0.25) is 4.79 Å². The van der Waals surface area contributed by atoms with Gasteiger partial charge in [0, 0.05) is 17.0 Å². The van der Waals surface area contributed by atoms with Crippen LogP contribution in [0, 0.1) is 0 Å². The molecule has 0 saturated carbocycles. The molecule has 1 fully saturated rings. The van der Waals surface area contributed by atoms with E-state index in [9.17, 15) is 9.90 Å². The van der Waals surface area contributed by atoms with Crippen LogP contribution in [0.4, 0.5) is 0 Å². The minimum atomic E-state index is -0.499. The Labute approximate surface area is 134 Å². The third-order valence-electron chi connectivity index (χ3n) is 5.24. The van der Waals surface area contributed by atoms with Gasteiger partial charge in [0.15, 0.2) is 17.3 Å². The van der Waals surface area contributed by atoms with Crippen LogP contribution in [0.2, 0.25) is 0 Å². The van der Waals surface area contributed by atoms with E-state index in [4.69, 9.17) is 9.47 Å². The highest BCUT2D eigenvalue weighted by atomic mass is 16.5. The fourth-order valence-corrected chi connectivity index (χ4v) is 4.25. The molecule has 0 amide bonds. The summed E-state index contributed by atoms with van der Waals surface area (Å²) in [5.41, 5.74) is 2.45. The van der Waals surface area contributed by atoms with Crippen molar-refractivity contribution in [3.8, 4) is 11.5 Å². The molecule has 2 aliphatic carbocycles. The van der Waals surface area contributed by atoms with Crippen molar-refractivity contribution in [3.63, 3.8) is 0 Å². The van der Waals surface area contributed by atoms with Crippen molar-refractivity contribution in [2.24, 2.45) is 0 Å². The van der Waals surface area contributed by atoms with Crippen molar-refractivity contribution in [2.45, 2.75) is 24.3 Å². The molecule has 1 aliphatic heterocycles. The topological polar surface area (TPSA) is 67.8 Å². The molecule has 0 spiro atoms. The molecule has 1 saturated heterocycles. The summed E-state index contributed by atoms with van der Waals surface area (Å²) in [6.45, 7) is 0.819. The lowest BCUT2D eigenvalue weighted by Crippen LogP contribution is -2.54. The highest BCUT2D eigenvalue weighted by Gasteiger charge is 2.50. The maximum absolute atomic E-state index is 12.2. The Morgan fingerprint density at radius 2 is 2.13 bits per heavy atom. The Morgan fingerprint density at radius 3 is 2.87 bits per heavy atom. The molecule has 1 heterocycles. The second-order valence-electron chi connectivity index (χ2n) is 6.26. The molecule has 5 nitrogen and oxygen atoms in total. The maximum atomic E-state index is 12.2. The first kappa shape index (κ1) is 14.3. The third kappa shape index (κ3) is 1.80. The van der Waals surface area contributed by atoms with Crippen LogP contribution in [0.5, 0.6) is 11.5 Å². The Balaban J connectivity index is 2.03. The summed E-state index contributed by atoms with van der Waals surface area (Å²) < 4.78 is 10.6. The van der Waals surface area contributed by atoms with E-state index in [1.54, 1.807) is 19.3 Å². The minimum absolute atomic E-state index is 0.113. The number of ether oxygens (including phenoxy) is 2. The summed E-state index contributed by atoms with van der Waals surface area (Å²) in [6.07, 6.45) is 5.08. The SMILES string of the molecule is COC1=CC23CCNC(Cc4ccc(OC)c(O)c42)C3=CC1=O. The Morgan fingerprint density at radius 1 is 1.30 bits per heavy atom. The maximum Gasteiger partial charge on any atom is 0.220 e. The number of fused-ring (bicyclic) bond motifs is 1. The number of aromatic hydroxyl groups is 1. The average molecular weight is 313 g/mol. The molecule has 0 radical (unpaired) electrons. The van der Waals surface area contributed by atoms with Crippen LogP contribution in [0.3, 0.4) is 0 Å². The van der Waals surface area contributed by atoms with E-state index < -0.39 is 5.41 Å².